The van der Waals surface area contributed by atoms with E-state index in [1.807, 2.05) is 6.92 Å². The average Bonchev–Trinajstić information content (AvgIpc) is 1.68. The standard InChI is InChI=1S/C6H11N/c1-3-5-6(7)4-2/h1,6H,4-5,7H2,2H3. The van der Waals surface area contributed by atoms with Crippen molar-refractivity contribution in [2.75, 3.05) is 0 Å². The van der Waals surface area contributed by atoms with Gasteiger partial charge in [0.05, 0.1) is 0 Å². The number of rotatable bonds is 2. The fourth-order valence-corrected chi connectivity index (χ4v) is 0.296. The van der Waals surface area contributed by atoms with Crippen LogP contribution in [0.3, 0.4) is 0 Å². The quantitative estimate of drug-likeness (QED) is 0.505. The molecule has 0 aromatic rings. The monoisotopic (exact) mass is 97.1 g/mol. The van der Waals surface area contributed by atoms with E-state index in [1.165, 1.54) is 0 Å². The van der Waals surface area contributed by atoms with Gasteiger partial charge in [-0.3, -0.25) is 0 Å². The molecule has 2 N–H and O–H groups in total. The first-order chi connectivity index (χ1) is 3.31. The Morgan fingerprint density at radius 3 is 2.57 bits per heavy atom. The topological polar surface area (TPSA) is 26.0 Å². The summed E-state index contributed by atoms with van der Waals surface area (Å²) in [7, 11) is 0. The highest BCUT2D eigenvalue weighted by molar-refractivity contribution is 4.87. The zero-order chi connectivity index (χ0) is 5.70. The first-order valence-corrected chi connectivity index (χ1v) is 2.50. The van der Waals surface area contributed by atoms with E-state index in [4.69, 9.17) is 12.2 Å². The van der Waals surface area contributed by atoms with E-state index in [0.29, 0.717) is 6.42 Å². The van der Waals surface area contributed by atoms with E-state index in [9.17, 15) is 0 Å². The fourth-order valence-electron chi connectivity index (χ4n) is 0.296. The maximum atomic E-state index is 5.44. The number of hydrogen-bond acceptors (Lipinski definition) is 1. The maximum absolute atomic E-state index is 5.44. The Morgan fingerprint density at radius 1 is 1.86 bits per heavy atom. The van der Waals surface area contributed by atoms with Gasteiger partial charge in [-0.2, -0.15) is 0 Å². The molecule has 1 heteroatoms. The second kappa shape index (κ2) is 3.70. The minimum Gasteiger partial charge on any atom is -0.327 e. The number of nitrogens with two attached hydrogens (primary N) is 1. The summed E-state index contributed by atoms with van der Waals surface area (Å²) < 4.78 is 0. The van der Waals surface area contributed by atoms with Crippen LogP contribution in [0.25, 0.3) is 0 Å². The Bertz CT molecular complexity index is 70.7. The van der Waals surface area contributed by atoms with Gasteiger partial charge in [0.1, 0.15) is 0 Å². The second-order valence-electron chi connectivity index (χ2n) is 1.58. The minimum atomic E-state index is 0.213. The Kier molecular flexibility index (Phi) is 3.45. The van der Waals surface area contributed by atoms with Gasteiger partial charge in [-0.1, -0.05) is 6.92 Å². The first-order valence-electron chi connectivity index (χ1n) is 2.50. The molecule has 0 aromatic carbocycles. The number of hydrogen-bond donors (Lipinski definition) is 1. The lowest BCUT2D eigenvalue weighted by atomic mass is 10.2. The molecule has 0 aromatic heterocycles. The van der Waals surface area contributed by atoms with Crippen molar-refractivity contribution in [2.45, 2.75) is 25.8 Å². The smallest absolute Gasteiger partial charge is 0.0238 e. The highest BCUT2D eigenvalue weighted by Gasteiger charge is 1.91. The Labute approximate surface area is 44.9 Å². The Balaban J connectivity index is 3.03. The van der Waals surface area contributed by atoms with Crippen LogP contribution in [0.1, 0.15) is 19.8 Å². The molecule has 0 aliphatic heterocycles. The van der Waals surface area contributed by atoms with E-state index in [-0.39, 0.29) is 6.04 Å². The summed E-state index contributed by atoms with van der Waals surface area (Å²) in [6, 6.07) is 0.213. The van der Waals surface area contributed by atoms with Gasteiger partial charge < -0.3 is 5.73 Å². The lowest BCUT2D eigenvalue weighted by Gasteiger charge is -1.99. The molecule has 40 valence electrons. The van der Waals surface area contributed by atoms with Crippen molar-refractivity contribution >= 4 is 0 Å². The van der Waals surface area contributed by atoms with Crippen molar-refractivity contribution < 1.29 is 0 Å². The Hall–Kier alpha value is -0.480. The predicted octanol–water partition coefficient (Wildman–Crippen LogP) is 0.747. The van der Waals surface area contributed by atoms with Crippen LogP contribution in [0.5, 0.6) is 0 Å². The van der Waals surface area contributed by atoms with Crippen molar-refractivity contribution in [3.8, 4) is 12.3 Å². The molecule has 1 nitrogen and oxygen atoms in total. The van der Waals surface area contributed by atoms with Gasteiger partial charge in [-0.05, 0) is 6.42 Å². The molecular weight excluding hydrogens is 86.1 g/mol. The highest BCUT2D eigenvalue weighted by Crippen LogP contribution is 1.88. The van der Waals surface area contributed by atoms with Crippen LogP contribution in [0.4, 0.5) is 0 Å². The van der Waals surface area contributed by atoms with E-state index < -0.39 is 0 Å². The van der Waals surface area contributed by atoms with Crippen LogP contribution < -0.4 is 5.73 Å². The van der Waals surface area contributed by atoms with Gasteiger partial charge in [-0.15, -0.1) is 12.3 Å². The molecule has 7 heavy (non-hydrogen) atoms. The van der Waals surface area contributed by atoms with Crippen LogP contribution in [0.15, 0.2) is 0 Å². The molecular formula is C6H11N. The second-order valence-corrected chi connectivity index (χ2v) is 1.58. The average molecular weight is 97.2 g/mol. The van der Waals surface area contributed by atoms with E-state index in [2.05, 4.69) is 5.92 Å². The number of terminal acetylenes is 1. The largest absolute Gasteiger partial charge is 0.327 e. The summed E-state index contributed by atoms with van der Waals surface area (Å²) in [4.78, 5) is 0. The van der Waals surface area contributed by atoms with Crippen LogP contribution in [-0.4, -0.2) is 6.04 Å². The molecule has 0 radical (unpaired) electrons. The van der Waals surface area contributed by atoms with Crippen LogP contribution in [0.2, 0.25) is 0 Å². The molecule has 0 heterocycles. The van der Waals surface area contributed by atoms with Gasteiger partial charge in [0.25, 0.3) is 0 Å². The van der Waals surface area contributed by atoms with Crippen molar-refractivity contribution in [1.82, 2.24) is 0 Å². The van der Waals surface area contributed by atoms with Crippen molar-refractivity contribution in [2.24, 2.45) is 5.73 Å². The third-order valence-corrected chi connectivity index (χ3v) is 0.904. The Morgan fingerprint density at radius 2 is 2.43 bits per heavy atom. The van der Waals surface area contributed by atoms with Crippen LogP contribution in [-0.2, 0) is 0 Å². The molecule has 0 aliphatic carbocycles. The minimum absolute atomic E-state index is 0.213. The van der Waals surface area contributed by atoms with Gasteiger partial charge in [0.2, 0.25) is 0 Å². The lowest BCUT2D eigenvalue weighted by molar-refractivity contribution is 0.669. The lowest BCUT2D eigenvalue weighted by Crippen LogP contribution is -2.16. The third-order valence-electron chi connectivity index (χ3n) is 0.904. The summed E-state index contributed by atoms with van der Waals surface area (Å²) >= 11 is 0. The van der Waals surface area contributed by atoms with Gasteiger partial charge in [0.15, 0.2) is 0 Å². The molecule has 1 atom stereocenters. The summed E-state index contributed by atoms with van der Waals surface area (Å²) in [6.45, 7) is 2.03. The summed E-state index contributed by atoms with van der Waals surface area (Å²) in [5.41, 5.74) is 5.44. The normalized spacial score (nSPS) is 12.7. The molecule has 0 spiro atoms. The molecule has 0 aliphatic rings. The zero-order valence-electron chi connectivity index (χ0n) is 4.65. The molecule has 1 unspecified atom stereocenters. The van der Waals surface area contributed by atoms with Crippen LogP contribution >= 0.6 is 0 Å². The van der Waals surface area contributed by atoms with Crippen molar-refractivity contribution in [3.63, 3.8) is 0 Å². The molecule has 0 bridgehead atoms. The van der Waals surface area contributed by atoms with Gasteiger partial charge in [-0.25, -0.2) is 0 Å². The molecule has 0 rings (SSSR count). The zero-order valence-corrected chi connectivity index (χ0v) is 4.65. The molecule has 0 amide bonds. The van der Waals surface area contributed by atoms with E-state index in [1.54, 1.807) is 0 Å². The predicted molar refractivity (Wildman–Crippen MR) is 31.7 cm³/mol. The molecule has 0 fully saturated rings. The van der Waals surface area contributed by atoms with Crippen molar-refractivity contribution in [3.05, 3.63) is 0 Å². The maximum Gasteiger partial charge on any atom is 0.0238 e. The molecule has 0 saturated heterocycles. The first kappa shape index (κ1) is 6.52. The highest BCUT2D eigenvalue weighted by atomic mass is 14.6. The summed E-state index contributed by atoms with van der Waals surface area (Å²) in [5, 5.41) is 0. The molecule has 0 saturated carbocycles. The van der Waals surface area contributed by atoms with E-state index in [0.717, 1.165) is 6.42 Å². The van der Waals surface area contributed by atoms with Crippen molar-refractivity contribution in [1.29, 1.82) is 0 Å². The SMILES string of the molecule is C#CCC(N)CC. The third kappa shape index (κ3) is 3.35. The van der Waals surface area contributed by atoms with Gasteiger partial charge in [0, 0.05) is 12.5 Å². The summed E-state index contributed by atoms with van der Waals surface area (Å²) in [5.74, 6) is 2.49. The van der Waals surface area contributed by atoms with E-state index >= 15 is 0 Å². The van der Waals surface area contributed by atoms with Crippen LogP contribution in [0, 0.1) is 12.3 Å². The fraction of sp³-hybridized carbons (Fsp3) is 0.667. The van der Waals surface area contributed by atoms with Gasteiger partial charge >= 0.3 is 0 Å². The summed E-state index contributed by atoms with van der Waals surface area (Å²) in [6.07, 6.45) is 6.66.